The Bertz CT molecular complexity index is 856. The molecule has 0 unspecified atom stereocenters. The highest BCUT2D eigenvalue weighted by atomic mass is 16.5. The summed E-state index contributed by atoms with van der Waals surface area (Å²) in [5, 5.41) is 2.94. The van der Waals surface area contributed by atoms with Crippen molar-refractivity contribution >= 4 is 23.2 Å². The summed E-state index contributed by atoms with van der Waals surface area (Å²) in [6.07, 6.45) is 1.57. The summed E-state index contributed by atoms with van der Waals surface area (Å²) in [6, 6.07) is 15.0. The first-order valence-electron chi connectivity index (χ1n) is 10.7. The molecule has 0 atom stereocenters. The SMILES string of the molecule is CCCC(=O)N1CCN(c2ccc(NC(=O)c3cccc(OC(C)C)c3)cc2)CC1. The van der Waals surface area contributed by atoms with Crippen molar-refractivity contribution < 1.29 is 14.3 Å². The first-order valence-corrected chi connectivity index (χ1v) is 10.7. The molecule has 1 aliphatic heterocycles. The Morgan fingerprint density at radius 2 is 1.73 bits per heavy atom. The van der Waals surface area contributed by atoms with E-state index in [2.05, 4.69) is 10.2 Å². The summed E-state index contributed by atoms with van der Waals surface area (Å²) in [6.45, 7) is 9.10. The third-order valence-corrected chi connectivity index (χ3v) is 5.05. The lowest BCUT2D eigenvalue weighted by atomic mass is 10.2. The molecule has 1 N–H and O–H groups in total. The number of nitrogens with one attached hydrogen (secondary N) is 1. The van der Waals surface area contributed by atoms with Crippen LogP contribution in [0.25, 0.3) is 0 Å². The summed E-state index contributed by atoms with van der Waals surface area (Å²) >= 11 is 0. The van der Waals surface area contributed by atoms with E-state index in [0.29, 0.717) is 17.7 Å². The maximum Gasteiger partial charge on any atom is 0.255 e. The average Bonchev–Trinajstić information content (AvgIpc) is 2.74. The molecule has 2 aromatic rings. The lowest BCUT2D eigenvalue weighted by molar-refractivity contribution is -0.131. The van der Waals surface area contributed by atoms with Crippen molar-refractivity contribution in [3.8, 4) is 5.75 Å². The van der Waals surface area contributed by atoms with Gasteiger partial charge in [-0.3, -0.25) is 9.59 Å². The molecule has 3 rings (SSSR count). The van der Waals surface area contributed by atoms with Crippen LogP contribution < -0.4 is 15.0 Å². The molecule has 0 spiro atoms. The van der Waals surface area contributed by atoms with Crippen molar-refractivity contribution in [1.82, 2.24) is 4.90 Å². The second-order valence-corrected chi connectivity index (χ2v) is 7.81. The van der Waals surface area contributed by atoms with Gasteiger partial charge in [0.1, 0.15) is 5.75 Å². The van der Waals surface area contributed by atoms with Gasteiger partial charge < -0.3 is 19.9 Å². The number of amides is 2. The molecule has 1 fully saturated rings. The molecule has 0 aromatic heterocycles. The van der Waals surface area contributed by atoms with Crippen LogP contribution in [0.5, 0.6) is 5.75 Å². The molecule has 0 bridgehead atoms. The molecule has 2 aromatic carbocycles. The van der Waals surface area contributed by atoms with Gasteiger partial charge in [0.05, 0.1) is 6.10 Å². The summed E-state index contributed by atoms with van der Waals surface area (Å²) in [7, 11) is 0. The van der Waals surface area contributed by atoms with Crippen molar-refractivity contribution in [2.45, 2.75) is 39.7 Å². The molecule has 1 aliphatic rings. The zero-order chi connectivity index (χ0) is 21.5. The van der Waals surface area contributed by atoms with Crippen molar-refractivity contribution in [3.63, 3.8) is 0 Å². The van der Waals surface area contributed by atoms with Gasteiger partial charge in [-0.1, -0.05) is 13.0 Å². The predicted octanol–water partition coefficient (Wildman–Crippen LogP) is 4.17. The molecule has 1 heterocycles. The molecule has 0 radical (unpaired) electrons. The van der Waals surface area contributed by atoms with Crippen LogP contribution in [0.3, 0.4) is 0 Å². The molecular weight excluding hydrogens is 378 g/mol. The fourth-order valence-corrected chi connectivity index (χ4v) is 3.53. The van der Waals surface area contributed by atoms with Crippen LogP contribution in [0.15, 0.2) is 48.5 Å². The number of benzene rings is 2. The number of carbonyl (C=O) groups excluding carboxylic acids is 2. The first kappa shape index (κ1) is 21.7. The molecular formula is C24H31N3O3. The molecule has 30 heavy (non-hydrogen) atoms. The third kappa shape index (κ3) is 5.75. The van der Waals surface area contributed by atoms with Gasteiger partial charge in [0.2, 0.25) is 5.91 Å². The Morgan fingerprint density at radius 3 is 2.37 bits per heavy atom. The van der Waals surface area contributed by atoms with Gasteiger partial charge >= 0.3 is 0 Å². The highest BCUT2D eigenvalue weighted by molar-refractivity contribution is 6.04. The molecule has 6 nitrogen and oxygen atoms in total. The molecule has 2 amide bonds. The predicted molar refractivity (Wildman–Crippen MR) is 120 cm³/mol. The number of rotatable bonds is 7. The molecule has 6 heteroatoms. The van der Waals surface area contributed by atoms with E-state index in [0.717, 1.165) is 44.0 Å². The van der Waals surface area contributed by atoms with Crippen molar-refractivity contribution in [2.75, 3.05) is 36.4 Å². The average molecular weight is 410 g/mol. The van der Waals surface area contributed by atoms with E-state index in [-0.39, 0.29) is 17.9 Å². The lowest BCUT2D eigenvalue weighted by Crippen LogP contribution is -2.48. The van der Waals surface area contributed by atoms with Crippen molar-refractivity contribution in [3.05, 3.63) is 54.1 Å². The lowest BCUT2D eigenvalue weighted by Gasteiger charge is -2.36. The van der Waals surface area contributed by atoms with Gasteiger partial charge in [-0.25, -0.2) is 0 Å². The molecule has 1 saturated heterocycles. The zero-order valence-corrected chi connectivity index (χ0v) is 18.1. The van der Waals surface area contributed by atoms with E-state index >= 15 is 0 Å². The smallest absolute Gasteiger partial charge is 0.255 e. The summed E-state index contributed by atoms with van der Waals surface area (Å²) < 4.78 is 5.66. The summed E-state index contributed by atoms with van der Waals surface area (Å²) in [4.78, 5) is 28.8. The Labute approximate surface area is 178 Å². The number of piperazine rings is 1. The Kier molecular flexibility index (Phi) is 7.33. The Morgan fingerprint density at radius 1 is 1.03 bits per heavy atom. The number of nitrogens with zero attached hydrogens (tertiary/aromatic N) is 2. The van der Waals surface area contributed by atoms with E-state index in [9.17, 15) is 9.59 Å². The van der Waals surface area contributed by atoms with E-state index in [4.69, 9.17) is 4.74 Å². The highest BCUT2D eigenvalue weighted by Gasteiger charge is 2.20. The number of anilines is 2. The van der Waals surface area contributed by atoms with Crippen LogP contribution >= 0.6 is 0 Å². The standard InChI is InChI=1S/C24H31N3O3/c1-4-6-23(28)27-15-13-26(14-16-27)21-11-9-20(10-12-21)25-24(29)19-7-5-8-22(17-19)30-18(2)3/h5,7-12,17-18H,4,6,13-16H2,1-3H3,(H,25,29). The van der Waals surface area contributed by atoms with E-state index in [1.807, 2.05) is 62.1 Å². The first-order chi connectivity index (χ1) is 14.5. The van der Waals surface area contributed by atoms with E-state index < -0.39 is 0 Å². The number of carbonyl (C=O) groups is 2. The van der Waals surface area contributed by atoms with Crippen LogP contribution in [0, 0.1) is 0 Å². The second-order valence-electron chi connectivity index (χ2n) is 7.81. The maximum atomic E-state index is 12.6. The Hall–Kier alpha value is -3.02. The minimum absolute atomic E-state index is 0.0579. The quantitative estimate of drug-likeness (QED) is 0.745. The van der Waals surface area contributed by atoms with Crippen LogP contribution in [0.2, 0.25) is 0 Å². The minimum atomic E-state index is -0.167. The topological polar surface area (TPSA) is 61.9 Å². The zero-order valence-electron chi connectivity index (χ0n) is 18.1. The van der Waals surface area contributed by atoms with Crippen molar-refractivity contribution in [2.24, 2.45) is 0 Å². The summed E-state index contributed by atoms with van der Waals surface area (Å²) in [5.74, 6) is 0.766. The van der Waals surface area contributed by atoms with Gasteiger partial charge in [-0.05, 0) is 62.7 Å². The summed E-state index contributed by atoms with van der Waals surface area (Å²) in [5.41, 5.74) is 2.41. The minimum Gasteiger partial charge on any atom is -0.491 e. The molecule has 0 aliphatic carbocycles. The largest absolute Gasteiger partial charge is 0.491 e. The maximum absolute atomic E-state index is 12.6. The van der Waals surface area contributed by atoms with Gasteiger partial charge in [0, 0.05) is 49.5 Å². The fraction of sp³-hybridized carbons (Fsp3) is 0.417. The molecule has 160 valence electrons. The third-order valence-electron chi connectivity index (χ3n) is 5.05. The monoisotopic (exact) mass is 409 g/mol. The Balaban J connectivity index is 1.56. The van der Waals surface area contributed by atoms with Crippen LogP contribution in [0.1, 0.15) is 44.0 Å². The number of hydrogen-bond donors (Lipinski definition) is 1. The van der Waals surface area contributed by atoms with Crippen LogP contribution in [0.4, 0.5) is 11.4 Å². The van der Waals surface area contributed by atoms with Crippen LogP contribution in [-0.2, 0) is 4.79 Å². The fourth-order valence-electron chi connectivity index (χ4n) is 3.53. The second kappa shape index (κ2) is 10.1. The van der Waals surface area contributed by atoms with Crippen LogP contribution in [-0.4, -0.2) is 49.0 Å². The number of ether oxygens (including phenoxy) is 1. The van der Waals surface area contributed by atoms with Gasteiger partial charge in [0.25, 0.3) is 5.91 Å². The number of hydrogen-bond acceptors (Lipinski definition) is 4. The van der Waals surface area contributed by atoms with E-state index in [1.54, 1.807) is 12.1 Å². The van der Waals surface area contributed by atoms with Crippen molar-refractivity contribution in [1.29, 1.82) is 0 Å². The highest BCUT2D eigenvalue weighted by Crippen LogP contribution is 2.21. The van der Waals surface area contributed by atoms with E-state index in [1.165, 1.54) is 0 Å². The van der Waals surface area contributed by atoms with Gasteiger partial charge in [0.15, 0.2) is 0 Å². The molecule has 0 saturated carbocycles. The van der Waals surface area contributed by atoms with Gasteiger partial charge in [-0.2, -0.15) is 0 Å². The van der Waals surface area contributed by atoms with Gasteiger partial charge in [-0.15, -0.1) is 0 Å². The normalized spacial score (nSPS) is 14.0.